The Morgan fingerprint density at radius 2 is 2.19 bits per heavy atom. The maximum absolute atomic E-state index is 4.60. The molecule has 108 valence electrons. The van der Waals surface area contributed by atoms with E-state index in [1.165, 1.54) is 16.3 Å². The highest BCUT2D eigenvalue weighted by molar-refractivity contribution is 7.09. The second-order valence-corrected chi connectivity index (χ2v) is 6.18. The van der Waals surface area contributed by atoms with Gasteiger partial charge in [0.15, 0.2) is 0 Å². The van der Waals surface area contributed by atoms with Gasteiger partial charge in [0.05, 0.1) is 10.7 Å². The molecule has 2 heterocycles. The minimum atomic E-state index is 0.268. The number of benzene rings is 1. The van der Waals surface area contributed by atoms with E-state index >= 15 is 0 Å². The number of thiazole rings is 1. The smallest absolute Gasteiger partial charge is 0.0897 e. The van der Waals surface area contributed by atoms with Gasteiger partial charge < -0.3 is 5.32 Å². The third-order valence-corrected chi connectivity index (χ3v) is 4.45. The van der Waals surface area contributed by atoms with E-state index in [-0.39, 0.29) is 6.04 Å². The maximum Gasteiger partial charge on any atom is 0.0897 e. The van der Waals surface area contributed by atoms with Crippen LogP contribution in [0.5, 0.6) is 0 Å². The molecule has 3 nitrogen and oxygen atoms in total. The molecule has 3 rings (SSSR count). The number of aryl methyl sites for hydroxylation is 1. The zero-order chi connectivity index (χ0) is 14.7. The van der Waals surface area contributed by atoms with Crippen LogP contribution in [0.4, 0.5) is 0 Å². The lowest BCUT2D eigenvalue weighted by molar-refractivity contribution is 0.548. The summed E-state index contributed by atoms with van der Waals surface area (Å²) in [5, 5.41) is 9.32. The highest BCUT2D eigenvalue weighted by Gasteiger charge is 2.15. The third-order valence-electron chi connectivity index (χ3n) is 3.62. The fourth-order valence-electron chi connectivity index (χ4n) is 2.69. The number of hydrogen-bond donors (Lipinski definition) is 1. The Labute approximate surface area is 129 Å². The summed E-state index contributed by atoms with van der Waals surface area (Å²) in [6.45, 7) is 5.13. The van der Waals surface area contributed by atoms with E-state index in [0.29, 0.717) is 0 Å². The Morgan fingerprint density at radius 3 is 2.95 bits per heavy atom. The Bertz CT molecular complexity index is 730. The van der Waals surface area contributed by atoms with Crippen molar-refractivity contribution in [1.82, 2.24) is 15.3 Å². The first-order valence-electron chi connectivity index (χ1n) is 7.25. The van der Waals surface area contributed by atoms with E-state index in [1.54, 1.807) is 11.3 Å². The van der Waals surface area contributed by atoms with E-state index in [4.69, 9.17) is 0 Å². The molecule has 1 unspecified atom stereocenters. The number of rotatable bonds is 5. The van der Waals surface area contributed by atoms with E-state index in [1.807, 2.05) is 12.4 Å². The highest BCUT2D eigenvalue weighted by Crippen LogP contribution is 2.26. The monoisotopic (exact) mass is 297 g/mol. The molecule has 0 saturated carbocycles. The number of pyridine rings is 1. The van der Waals surface area contributed by atoms with Crippen molar-refractivity contribution >= 4 is 22.1 Å². The molecule has 0 radical (unpaired) electrons. The predicted octanol–water partition coefficient (Wildman–Crippen LogP) is 3.89. The predicted molar refractivity (Wildman–Crippen MR) is 88.7 cm³/mol. The molecule has 1 atom stereocenters. The molecular formula is C17H19N3S. The molecule has 1 N–H and O–H groups in total. The largest absolute Gasteiger partial charge is 0.310 e. The van der Waals surface area contributed by atoms with Crippen LogP contribution in [0.1, 0.15) is 29.2 Å². The molecule has 0 bridgehead atoms. The van der Waals surface area contributed by atoms with Crippen LogP contribution in [0, 0.1) is 6.92 Å². The third kappa shape index (κ3) is 3.12. The lowest BCUT2D eigenvalue weighted by Crippen LogP contribution is -2.23. The van der Waals surface area contributed by atoms with Crippen molar-refractivity contribution in [3.8, 4) is 0 Å². The first-order valence-corrected chi connectivity index (χ1v) is 8.13. The molecule has 4 heteroatoms. The van der Waals surface area contributed by atoms with E-state index in [0.717, 1.165) is 23.7 Å². The maximum atomic E-state index is 4.60. The molecule has 21 heavy (non-hydrogen) atoms. The summed E-state index contributed by atoms with van der Waals surface area (Å²) in [7, 11) is 0. The lowest BCUT2D eigenvalue weighted by Gasteiger charge is -2.19. The van der Waals surface area contributed by atoms with Crippen LogP contribution in [0.15, 0.2) is 42.0 Å². The van der Waals surface area contributed by atoms with Crippen LogP contribution in [0.3, 0.4) is 0 Å². The van der Waals surface area contributed by atoms with Gasteiger partial charge in [-0.15, -0.1) is 11.3 Å². The lowest BCUT2D eigenvalue weighted by atomic mass is 9.97. The molecular weight excluding hydrogens is 278 g/mol. The van der Waals surface area contributed by atoms with Crippen molar-refractivity contribution in [1.29, 1.82) is 0 Å². The van der Waals surface area contributed by atoms with Crippen LogP contribution in [0.25, 0.3) is 10.8 Å². The van der Waals surface area contributed by atoms with Crippen LogP contribution in [0.2, 0.25) is 0 Å². The van der Waals surface area contributed by atoms with Crippen molar-refractivity contribution in [3.63, 3.8) is 0 Å². The number of hydrogen-bond acceptors (Lipinski definition) is 4. The summed E-state index contributed by atoms with van der Waals surface area (Å²) < 4.78 is 0. The summed E-state index contributed by atoms with van der Waals surface area (Å²) in [5.74, 6) is 0. The minimum absolute atomic E-state index is 0.268. The van der Waals surface area contributed by atoms with Crippen molar-refractivity contribution in [2.45, 2.75) is 26.3 Å². The van der Waals surface area contributed by atoms with Crippen LogP contribution in [-0.2, 0) is 6.42 Å². The number of nitrogens with zero attached hydrogens (tertiary/aromatic N) is 2. The van der Waals surface area contributed by atoms with Gasteiger partial charge in [0.2, 0.25) is 0 Å². The van der Waals surface area contributed by atoms with E-state index < -0.39 is 0 Å². The highest BCUT2D eigenvalue weighted by atomic mass is 32.1. The number of likely N-dealkylation sites (N-methyl/N-ethyl adjacent to an activating group) is 1. The van der Waals surface area contributed by atoms with Gasteiger partial charge in [-0.2, -0.15) is 0 Å². The molecule has 0 aliphatic rings. The Kier molecular flexibility index (Phi) is 4.27. The number of nitrogens with one attached hydrogen (secondary N) is 1. The van der Waals surface area contributed by atoms with E-state index in [9.17, 15) is 0 Å². The molecule has 0 spiro atoms. The normalized spacial score (nSPS) is 12.7. The Hall–Kier alpha value is -1.78. The summed E-state index contributed by atoms with van der Waals surface area (Å²) in [4.78, 5) is 8.89. The average molecular weight is 297 g/mol. The van der Waals surface area contributed by atoms with Crippen LogP contribution < -0.4 is 5.32 Å². The number of aromatic nitrogens is 2. The first kappa shape index (κ1) is 14.2. The SMILES string of the molecule is CCNC(Cc1csc(C)n1)c1cccc2ccncc12. The molecule has 0 amide bonds. The van der Waals surface area contributed by atoms with Gasteiger partial charge in [0, 0.05) is 35.6 Å². The quantitative estimate of drug-likeness (QED) is 0.776. The Morgan fingerprint density at radius 1 is 1.29 bits per heavy atom. The molecule has 1 aromatic carbocycles. The molecule has 0 aliphatic heterocycles. The number of fused-ring (bicyclic) bond motifs is 1. The summed E-state index contributed by atoms with van der Waals surface area (Å²) in [5.41, 5.74) is 2.46. The van der Waals surface area contributed by atoms with Gasteiger partial charge in [0.1, 0.15) is 0 Å². The van der Waals surface area contributed by atoms with Gasteiger partial charge in [-0.25, -0.2) is 4.98 Å². The van der Waals surface area contributed by atoms with Crippen molar-refractivity contribution in [3.05, 3.63) is 58.3 Å². The van der Waals surface area contributed by atoms with Crippen LogP contribution in [-0.4, -0.2) is 16.5 Å². The summed E-state index contributed by atoms with van der Waals surface area (Å²) in [6, 6.07) is 8.78. The topological polar surface area (TPSA) is 37.8 Å². The fraction of sp³-hybridized carbons (Fsp3) is 0.294. The zero-order valence-corrected chi connectivity index (χ0v) is 13.2. The van der Waals surface area contributed by atoms with Gasteiger partial charge in [-0.3, -0.25) is 4.98 Å². The molecule has 0 saturated heterocycles. The van der Waals surface area contributed by atoms with Crippen LogP contribution >= 0.6 is 11.3 Å². The second kappa shape index (κ2) is 6.33. The van der Waals surface area contributed by atoms with Crippen molar-refractivity contribution in [2.75, 3.05) is 6.54 Å². The molecule has 2 aromatic heterocycles. The van der Waals surface area contributed by atoms with Crippen molar-refractivity contribution < 1.29 is 0 Å². The Balaban J connectivity index is 1.98. The molecule has 3 aromatic rings. The summed E-state index contributed by atoms with van der Waals surface area (Å²) in [6.07, 6.45) is 4.71. The van der Waals surface area contributed by atoms with Gasteiger partial charge in [0.25, 0.3) is 0 Å². The van der Waals surface area contributed by atoms with Gasteiger partial charge >= 0.3 is 0 Å². The molecule has 0 fully saturated rings. The zero-order valence-electron chi connectivity index (χ0n) is 12.3. The fourth-order valence-corrected chi connectivity index (χ4v) is 3.32. The van der Waals surface area contributed by atoms with E-state index in [2.05, 4.69) is 58.8 Å². The van der Waals surface area contributed by atoms with Gasteiger partial charge in [-0.05, 0) is 30.5 Å². The standard InChI is InChI=1S/C17H19N3S/c1-3-19-17(9-14-11-21-12(2)20-14)15-6-4-5-13-7-8-18-10-16(13)15/h4-8,10-11,17,19H,3,9H2,1-2H3. The van der Waals surface area contributed by atoms with Crippen molar-refractivity contribution in [2.24, 2.45) is 0 Å². The summed E-state index contributed by atoms with van der Waals surface area (Å²) >= 11 is 1.71. The second-order valence-electron chi connectivity index (χ2n) is 5.12. The minimum Gasteiger partial charge on any atom is -0.310 e. The first-order chi connectivity index (χ1) is 10.3. The van der Waals surface area contributed by atoms with Gasteiger partial charge in [-0.1, -0.05) is 25.1 Å². The molecule has 0 aliphatic carbocycles. The average Bonchev–Trinajstić information content (AvgIpc) is 2.91.